The zero-order valence-corrected chi connectivity index (χ0v) is 16.7. The van der Waals surface area contributed by atoms with Gasteiger partial charge in [0, 0.05) is 19.2 Å². The van der Waals surface area contributed by atoms with E-state index in [-0.39, 0.29) is 21.9 Å². The summed E-state index contributed by atoms with van der Waals surface area (Å²) in [6, 6.07) is 8.52. The van der Waals surface area contributed by atoms with Crippen LogP contribution in [-0.2, 0) is 16.6 Å². The van der Waals surface area contributed by atoms with Gasteiger partial charge in [-0.2, -0.15) is 13.1 Å². The topological polar surface area (TPSA) is 98.3 Å². The molecule has 0 saturated heterocycles. The van der Waals surface area contributed by atoms with E-state index in [0.29, 0.717) is 21.2 Å². The third-order valence-corrected chi connectivity index (χ3v) is 6.66. The molecule has 0 fully saturated rings. The third kappa shape index (κ3) is 3.70. The first kappa shape index (κ1) is 20.8. The number of fused-ring (bicyclic) bond motifs is 1. The Morgan fingerprint density at radius 2 is 1.90 bits per heavy atom. The van der Waals surface area contributed by atoms with Crippen molar-refractivity contribution in [1.29, 1.82) is 0 Å². The van der Waals surface area contributed by atoms with Gasteiger partial charge in [0.15, 0.2) is 0 Å². The minimum Gasteiger partial charge on any atom is -0.269 e. The highest BCUT2D eigenvalue weighted by molar-refractivity contribution is 7.89. The number of hydrogen-bond donors (Lipinski definition) is 0. The fourth-order valence-electron chi connectivity index (χ4n) is 3.06. The van der Waals surface area contributed by atoms with Crippen LogP contribution >= 0.6 is 0 Å². The van der Waals surface area contributed by atoms with E-state index >= 15 is 0 Å². The van der Waals surface area contributed by atoms with Gasteiger partial charge in [0.2, 0.25) is 10.0 Å². The molecule has 0 aliphatic carbocycles. The number of nitrogens with zero attached hydrogens (tertiary/aromatic N) is 4. The summed E-state index contributed by atoms with van der Waals surface area (Å²) in [5.41, 5.74) is 0.928. The minimum absolute atomic E-state index is 0.132. The Bertz CT molecular complexity index is 1210. The minimum atomic E-state index is -4.20. The Balaban J connectivity index is 2.06. The molecular weight excluding hydrogens is 406 g/mol. The van der Waals surface area contributed by atoms with E-state index in [9.17, 15) is 27.3 Å². The van der Waals surface area contributed by atoms with Crippen LogP contribution in [0.2, 0.25) is 0 Å². The molecule has 1 heterocycles. The van der Waals surface area contributed by atoms with Crippen molar-refractivity contribution in [1.82, 2.24) is 13.9 Å². The molecule has 3 rings (SSSR count). The van der Waals surface area contributed by atoms with Gasteiger partial charge in [0.05, 0.1) is 27.4 Å². The zero-order valence-electron chi connectivity index (χ0n) is 15.8. The second kappa shape index (κ2) is 7.48. The number of para-hydroxylation sites is 2. The van der Waals surface area contributed by atoms with E-state index in [0.717, 1.165) is 10.4 Å². The van der Waals surface area contributed by atoms with Crippen LogP contribution in [-0.4, -0.2) is 34.2 Å². The second-order valence-electron chi connectivity index (χ2n) is 6.57. The third-order valence-electron chi connectivity index (χ3n) is 4.73. The highest BCUT2D eigenvalue weighted by Gasteiger charge is 2.29. The molecule has 0 unspecified atom stereocenters. The fraction of sp³-hybridized carbons (Fsp3) is 0.278. The lowest BCUT2D eigenvalue weighted by atomic mass is 10.1. The monoisotopic (exact) mass is 424 g/mol. The van der Waals surface area contributed by atoms with Crippen LogP contribution < -0.4 is 0 Å². The Morgan fingerprint density at radius 3 is 2.52 bits per heavy atom. The molecule has 0 aliphatic heterocycles. The molecule has 11 heteroatoms. The Kier molecular flexibility index (Phi) is 5.37. The van der Waals surface area contributed by atoms with Gasteiger partial charge in [-0.1, -0.05) is 12.1 Å². The van der Waals surface area contributed by atoms with E-state index in [4.69, 9.17) is 0 Å². The van der Waals surface area contributed by atoms with Gasteiger partial charge in [0.25, 0.3) is 5.69 Å². The van der Waals surface area contributed by atoms with E-state index in [1.807, 2.05) is 0 Å². The normalized spacial score (nSPS) is 12.2. The number of rotatable bonds is 6. The summed E-state index contributed by atoms with van der Waals surface area (Å²) < 4.78 is 54.9. The fourth-order valence-corrected chi connectivity index (χ4v) is 4.50. The molecule has 0 radical (unpaired) electrons. The number of halogens is 2. The summed E-state index contributed by atoms with van der Waals surface area (Å²) in [5, 5.41) is 11.1. The van der Waals surface area contributed by atoms with Crippen molar-refractivity contribution in [3.63, 3.8) is 0 Å². The predicted octanol–water partition coefficient (Wildman–Crippen LogP) is 3.78. The first-order chi connectivity index (χ1) is 13.5. The van der Waals surface area contributed by atoms with E-state index in [1.54, 1.807) is 25.1 Å². The number of non-ortho nitro benzene ring substituents is 1. The van der Waals surface area contributed by atoms with Gasteiger partial charge in [-0.3, -0.25) is 14.7 Å². The maximum Gasteiger partial charge on any atom is 0.320 e. The molecule has 0 bridgehead atoms. The molecule has 3 aromatic rings. The molecule has 8 nitrogen and oxygen atoms in total. The molecule has 0 atom stereocenters. The van der Waals surface area contributed by atoms with E-state index in [2.05, 4.69) is 4.98 Å². The number of nitro benzene ring substituents is 1. The number of imidazole rings is 1. The van der Waals surface area contributed by atoms with Crippen LogP contribution in [0.1, 0.15) is 23.5 Å². The van der Waals surface area contributed by atoms with Crippen molar-refractivity contribution in [2.75, 3.05) is 7.05 Å². The molecule has 154 valence electrons. The summed E-state index contributed by atoms with van der Waals surface area (Å²) in [6.07, 6.45) is 0. The highest BCUT2D eigenvalue weighted by Crippen LogP contribution is 2.29. The van der Waals surface area contributed by atoms with Crippen molar-refractivity contribution < 1.29 is 22.1 Å². The second-order valence-corrected chi connectivity index (χ2v) is 8.58. The molecule has 29 heavy (non-hydrogen) atoms. The van der Waals surface area contributed by atoms with Gasteiger partial charge >= 0.3 is 6.55 Å². The number of sulfonamides is 1. The largest absolute Gasteiger partial charge is 0.320 e. The summed E-state index contributed by atoms with van der Waals surface area (Å²) in [5.74, 6) is -0.132. The van der Waals surface area contributed by atoms with Crippen molar-refractivity contribution in [3.8, 4) is 0 Å². The molecule has 0 aliphatic rings. The van der Waals surface area contributed by atoms with Gasteiger partial charge in [-0.05, 0) is 37.1 Å². The summed E-state index contributed by atoms with van der Waals surface area (Å²) >= 11 is 0. The molecule has 0 amide bonds. The molecule has 1 aromatic heterocycles. The molecule has 2 aromatic carbocycles. The van der Waals surface area contributed by atoms with Crippen LogP contribution in [0.3, 0.4) is 0 Å². The first-order valence-corrected chi connectivity index (χ1v) is 9.94. The van der Waals surface area contributed by atoms with Crippen LogP contribution in [0.25, 0.3) is 11.0 Å². The number of alkyl halides is 2. The van der Waals surface area contributed by atoms with Crippen molar-refractivity contribution in [3.05, 3.63) is 63.5 Å². The number of benzene rings is 2. The van der Waals surface area contributed by atoms with Crippen LogP contribution in [0.5, 0.6) is 0 Å². The molecular formula is C18H18F2N4O4S. The summed E-state index contributed by atoms with van der Waals surface area (Å²) in [6.45, 7) is -0.232. The summed E-state index contributed by atoms with van der Waals surface area (Å²) in [7, 11) is -2.98. The SMILES string of the molecule is Cc1cc([N+](=O)[O-])cc(S(=O)(=O)N(C)Cc2nc3ccccc3n2C(F)F)c1C. The lowest BCUT2D eigenvalue weighted by molar-refractivity contribution is -0.385. The van der Waals surface area contributed by atoms with E-state index < -0.39 is 28.0 Å². The van der Waals surface area contributed by atoms with Crippen LogP contribution in [0, 0.1) is 24.0 Å². The zero-order chi connectivity index (χ0) is 21.5. The summed E-state index contributed by atoms with van der Waals surface area (Å²) in [4.78, 5) is 14.3. The number of hydrogen-bond acceptors (Lipinski definition) is 5. The average Bonchev–Trinajstić information content (AvgIpc) is 3.01. The van der Waals surface area contributed by atoms with E-state index in [1.165, 1.54) is 26.1 Å². The molecule has 0 spiro atoms. The maximum absolute atomic E-state index is 13.6. The van der Waals surface area contributed by atoms with Crippen molar-refractivity contribution in [2.45, 2.75) is 31.8 Å². The highest BCUT2D eigenvalue weighted by atomic mass is 32.2. The Labute approximate surface area is 165 Å². The maximum atomic E-state index is 13.6. The van der Waals surface area contributed by atoms with Gasteiger partial charge < -0.3 is 0 Å². The van der Waals surface area contributed by atoms with Gasteiger partial charge in [-0.15, -0.1) is 0 Å². The smallest absolute Gasteiger partial charge is 0.269 e. The Hall–Kier alpha value is -2.92. The standard InChI is InChI=1S/C18H18F2N4O4S/c1-11-8-13(24(25)26)9-16(12(11)2)29(27,28)22(3)10-17-21-14-6-4-5-7-15(14)23(17)18(19)20/h4-9,18H,10H2,1-3H3. The van der Waals surface area contributed by atoms with Crippen LogP contribution in [0.15, 0.2) is 41.3 Å². The number of aromatic nitrogens is 2. The number of nitro groups is 1. The molecule has 0 saturated carbocycles. The average molecular weight is 424 g/mol. The number of aryl methyl sites for hydroxylation is 1. The molecule has 0 N–H and O–H groups in total. The lowest BCUT2D eigenvalue weighted by Crippen LogP contribution is -2.29. The Morgan fingerprint density at radius 1 is 1.24 bits per heavy atom. The van der Waals surface area contributed by atoms with Crippen LogP contribution in [0.4, 0.5) is 14.5 Å². The van der Waals surface area contributed by atoms with Crippen molar-refractivity contribution in [2.24, 2.45) is 0 Å². The quantitative estimate of drug-likeness (QED) is 0.443. The van der Waals surface area contributed by atoms with Gasteiger partial charge in [-0.25, -0.2) is 13.4 Å². The predicted molar refractivity (Wildman–Crippen MR) is 102 cm³/mol. The van der Waals surface area contributed by atoms with Gasteiger partial charge in [0.1, 0.15) is 5.82 Å². The first-order valence-electron chi connectivity index (χ1n) is 8.50. The van der Waals surface area contributed by atoms with Crippen molar-refractivity contribution >= 4 is 26.7 Å². The lowest BCUT2D eigenvalue weighted by Gasteiger charge is -2.19.